The summed E-state index contributed by atoms with van der Waals surface area (Å²) in [5, 5.41) is 4.32. The Morgan fingerprint density at radius 2 is 2.13 bits per heavy atom. The van der Waals surface area contributed by atoms with Gasteiger partial charge in [-0.25, -0.2) is 0 Å². The van der Waals surface area contributed by atoms with Crippen molar-refractivity contribution in [2.75, 3.05) is 5.32 Å². The molecule has 0 heterocycles. The lowest BCUT2D eigenvalue weighted by Gasteiger charge is -2.18. The lowest BCUT2D eigenvalue weighted by atomic mass is 10.1. The predicted molar refractivity (Wildman–Crippen MR) is 68.7 cm³/mol. The van der Waals surface area contributed by atoms with Gasteiger partial charge in [0.05, 0.1) is 0 Å². The summed E-state index contributed by atoms with van der Waals surface area (Å²) < 4.78 is 0. The van der Waals surface area contributed by atoms with Crippen molar-refractivity contribution < 1.29 is 0 Å². The topological polar surface area (TPSA) is 12.0 Å². The van der Waals surface area contributed by atoms with Gasteiger partial charge in [-0.05, 0) is 31.0 Å². The van der Waals surface area contributed by atoms with Crippen LogP contribution >= 0.6 is 11.6 Å². The minimum atomic E-state index is 0.573. The largest absolute Gasteiger partial charge is 0.382 e. The summed E-state index contributed by atoms with van der Waals surface area (Å²) in [6.07, 6.45) is 4.94. The molecule has 1 aromatic carbocycles. The Morgan fingerprint density at radius 3 is 2.73 bits per heavy atom. The Morgan fingerprint density at radius 1 is 1.33 bits per heavy atom. The number of unbranched alkanes of at least 4 members (excludes halogenated alkanes) is 1. The second-order valence-electron chi connectivity index (χ2n) is 3.90. The van der Waals surface area contributed by atoms with E-state index in [9.17, 15) is 0 Å². The molecule has 1 atom stereocenters. The van der Waals surface area contributed by atoms with Gasteiger partial charge in [-0.3, -0.25) is 0 Å². The second kappa shape index (κ2) is 6.73. The maximum Gasteiger partial charge on any atom is 0.0426 e. The summed E-state index contributed by atoms with van der Waals surface area (Å²) in [4.78, 5) is 0. The molecule has 0 radical (unpaired) electrons. The zero-order valence-electron chi connectivity index (χ0n) is 9.59. The Kier molecular flexibility index (Phi) is 5.56. The van der Waals surface area contributed by atoms with E-state index in [1.54, 1.807) is 0 Å². The number of anilines is 1. The first-order chi connectivity index (χ1) is 7.26. The van der Waals surface area contributed by atoms with E-state index in [0.29, 0.717) is 6.04 Å². The smallest absolute Gasteiger partial charge is 0.0426 e. The van der Waals surface area contributed by atoms with Gasteiger partial charge in [0, 0.05) is 16.8 Å². The van der Waals surface area contributed by atoms with Crippen LogP contribution in [-0.2, 0) is 0 Å². The number of nitrogens with one attached hydrogen (secondary N) is 1. The molecule has 1 nitrogen and oxygen atoms in total. The van der Waals surface area contributed by atoms with Crippen LogP contribution in [0.1, 0.15) is 39.5 Å². The summed E-state index contributed by atoms with van der Waals surface area (Å²) >= 11 is 5.94. The molecule has 84 valence electrons. The first-order valence-corrected chi connectivity index (χ1v) is 6.16. The Bertz CT molecular complexity index is 286. The highest BCUT2D eigenvalue weighted by Crippen LogP contribution is 2.18. The standard InChI is InChI=1S/C13H20ClN/c1-3-5-8-12(4-2)15-13-9-6-7-11(14)10-13/h6-7,9-10,12,15H,3-5,8H2,1-2H3. The van der Waals surface area contributed by atoms with Gasteiger partial charge < -0.3 is 5.32 Å². The molecule has 0 fully saturated rings. The summed E-state index contributed by atoms with van der Waals surface area (Å²) in [7, 11) is 0. The number of hydrogen-bond acceptors (Lipinski definition) is 1. The van der Waals surface area contributed by atoms with Gasteiger partial charge in [0.2, 0.25) is 0 Å². The van der Waals surface area contributed by atoms with Crippen LogP contribution in [-0.4, -0.2) is 6.04 Å². The van der Waals surface area contributed by atoms with Gasteiger partial charge in [0.25, 0.3) is 0 Å². The van der Waals surface area contributed by atoms with Crippen LogP contribution in [0.3, 0.4) is 0 Å². The van der Waals surface area contributed by atoms with Crippen LogP contribution in [0, 0.1) is 0 Å². The molecule has 0 aliphatic rings. The van der Waals surface area contributed by atoms with Crippen LogP contribution in [0.4, 0.5) is 5.69 Å². The van der Waals surface area contributed by atoms with Gasteiger partial charge in [0.15, 0.2) is 0 Å². The molecule has 0 spiro atoms. The monoisotopic (exact) mass is 225 g/mol. The van der Waals surface area contributed by atoms with Crippen molar-refractivity contribution in [3.63, 3.8) is 0 Å². The lowest BCUT2D eigenvalue weighted by Crippen LogP contribution is -2.18. The third-order valence-corrected chi connectivity index (χ3v) is 2.83. The average Bonchev–Trinajstić information content (AvgIpc) is 2.24. The van der Waals surface area contributed by atoms with E-state index in [1.165, 1.54) is 19.3 Å². The predicted octanol–water partition coefficient (Wildman–Crippen LogP) is 4.72. The number of benzene rings is 1. The molecule has 0 saturated heterocycles. The molecule has 1 unspecified atom stereocenters. The van der Waals surface area contributed by atoms with Crippen molar-refractivity contribution in [2.24, 2.45) is 0 Å². The van der Waals surface area contributed by atoms with Crippen molar-refractivity contribution in [3.8, 4) is 0 Å². The number of hydrogen-bond donors (Lipinski definition) is 1. The van der Waals surface area contributed by atoms with Gasteiger partial charge in [-0.1, -0.05) is 44.4 Å². The molecule has 1 N–H and O–H groups in total. The van der Waals surface area contributed by atoms with Crippen molar-refractivity contribution >= 4 is 17.3 Å². The van der Waals surface area contributed by atoms with E-state index < -0.39 is 0 Å². The van der Waals surface area contributed by atoms with Crippen LogP contribution < -0.4 is 5.32 Å². The van der Waals surface area contributed by atoms with Crippen LogP contribution in [0.15, 0.2) is 24.3 Å². The molecule has 15 heavy (non-hydrogen) atoms. The quantitative estimate of drug-likeness (QED) is 0.739. The van der Waals surface area contributed by atoms with E-state index >= 15 is 0 Å². The van der Waals surface area contributed by atoms with Crippen LogP contribution in [0.2, 0.25) is 5.02 Å². The van der Waals surface area contributed by atoms with Crippen molar-refractivity contribution in [1.29, 1.82) is 0 Å². The lowest BCUT2D eigenvalue weighted by molar-refractivity contribution is 0.593. The summed E-state index contributed by atoms with van der Waals surface area (Å²) in [5.74, 6) is 0. The summed E-state index contributed by atoms with van der Waals surface area (Å²) in [6, 6.07) is 8.51. The van der Waals surface area contributed by atoms with Gasteiger partial charge in [-0.15, -0.1) is 0 Å². The second-order valence-corrected chi connectivity index (χ2v) is 4.34. The Balaban J connectivity index is 2.50. The molecule has 1 aromatic rings. The maximum atomic E-state index is 5.94. The van der Waals surface area contributed by atoms with Gasteiger partial charge in [0.1, 0.15) is 0 Å². The zero-order valence-corrected chi connectivity index (χ0v) is 10.3. The van der Waals surface area contributed by atoms with Crippen molar-refractivity contribution in [1.82, 2.24) is 0 Å². The molecule has 0 aliphatic heterocycles. The number of rotatable bonds is 6. The van der Waals surface area contributed by atoms with E-state index in [1.807, 2.05) is 18.2 Å². The minimum absolute atomic E-state index is 0.573. The van der Waals surface area contributed by atoms with E-state index in [4.69, 9.17) is 11.6 Å². The average molecular weight is 226 g/mol. The van der Waals surface area contributed by atoms with Gasteiger partial charge >= 0.3 is 0 Å². The fraction of sp³-hybridized carbons (Fsp3) is 0.538. The molecule has 2 heteroatoms. The summed E-state index contributed by atoms with van der Waals surface area (Å²) in [6.45, 7) is 4.45. The molecule has 1 rings (SSSR count). The Labute approximate surface area is 97.8 Å². The molecular weight excluding hydrogens is 206 g/mol. The SMILES string of the molecule is CCCCC(CC)Nc1cccc(Cl)c1. The van der Waals surface area contributed by atoms with E-state index in [2.05, 4.69) is 25.2 Å². The highest BCUT2D eigenvalue weighted by atomic mass is 35.5. The zero-order chi connectivity index (χ0) is 11.1. The Hall–Kier alpha value is -0.690. The third-order valence-electron chi connectivity index (χ3n) is 2.59. The molecule has 0 saturated carbocycles. The first-order valence-electron chi connectivity index (χ1n) is 5.78. The van der Waals surface area contributed by atoms with Crippen molar-refractivity contribution in [3.05, 3.63) is 29.3 Å². The first kappa shape index (κ1) is 12.4. The van der Waals surface area contributed by atoms with Crippen molar-refractivity contribution in [2.45, 2.75) is 45.6 Å². The highest BCUT2D eigenvalue weighted by molar-refractivity contribution is 6.30. The minimum Gasteiger partial charge on any atom is -0.382 e. The summed E-state index contributed by atoms with van der Waals surface area (Å²) in [5.41, 5.74) is 1.13. The fourth-order valence-corrected chi connectivity index (χ4v) is 1.83. The van der Waals surface area contributed by atoms with Crippen LogP contribution in [0.5, 0.6) is 0 Å². The highest BCUT2D eigenvalue weighted by Gasteiger charge is 2.05. The molecule has 0 amide bonds. The molecular formula is C13H20ClN. The molecule has 0 aliphatic carbocycles. The maximum absolute atomic E-state index is 5.94. The number of halogens is 1. The van der Waals surface area contributed by atoms with E-state index in [-0.39, 0.29) is 0 Å². The normalized spacial score (nSPS) is 12.5. The third kappa shape index (κ3) is 4.57. The van der Waals surface area contributed by atoms with Gasteiger partial charge in [-0.2, -0.15) is 0 Å². The fourth-order valence-electron chi connectivity index (χ4n) is 1.64. The van der Waals surface area contributed by atoms with Crippen LogP contribution in [0.25, 0.3) is 0 Å². The van der Waals surface area contributed by atoms with E-state index in [0.717, 1.165) is 17.1 Å². The molecule has 0 bridgehead atoms. The molecule has 0 aromatic heterocycles.